The van der Waals surface area contributed by atoms with E-state index < -0.39 is 0 Å². The summed E-state index contributed by atoms with van der Waals surface area (Å²) in [6, 6.07) is 15.8. The molecule has 0 radical (unpaired) electrons. The molecule has 1 aliphatic heterocycles. The Morgan fingerprint density at radius 3 is 2.43 bits per heavy atom. The average molecular weight is 394 g/mol. The van der Waals surface area contributed by atoms with E-state index in [-0.39, 0.29) is 11.8 Å². The number of para-hydroxylation sites is 3. The molecule has 6 heteroatoms. The quantitative estimate of drug-likeness (QED) is 0.660. The van der Waals surface area contributed by atoms with Crippen molar-refractivity contribution in [1.29, 1.82) is 0 Å². The summed E-state index contributed by atoms with van der Waals surface area (Å²) < 4.78 is 1.19. The summed E-state index contributed by atoms with van der Waals surface area (Å²) in [5.74, 6) is 0.122. The number of hydrogen-bond acceptors (Lipinski definition) is 4. The van der Waals surface area contributed by atoms with Crippen LogP contribution < -0.4 is 9.80 Å². The van der Waals surface area contributed by atoms with Crippen LogP contribution in [0.5, 0.6) is 0 Å². The van der Waals surface area contributed by atoms with E-state index in [9.17, 15) is 9.59 Å². The highest BCUT2D eigenvalue weighted by atomic mass is 32.1. The summed E-state index contributed by atoms with van der Waals surface area (Å²) in [7, 11) is 0. The van der Waals surface area contributed by atoms with Crippen LogP contribution in [0.3, 0.4) is 0 Å². The van der Waals surface area contributed by atoms with Gasteiger partial charge in [-0.2, -0.15) is 0 Å². The second-order valence-electron chi connectivity index (χ2n) is 6.99. The van der Waals surface area contributed by atoms with Gasteiger partial charge in [0.2, 0.25) is 11.8 Å². The number of anilines is 2. The van der Waals surface area contributed by atoms with Crippen LogP contribution in [-0.2, 0) is 16.0 Å². The maximum absolute atomic E-state index is 13.0. The standard InChI is InChI=1S/C22H23N3O2S/c1-16(26)24-14-7-15-25(19-10-4-3-9-18(19)24)22(27)13-6-12-21-23-17-8-2-5-11-20(17)28-21/h2-5,8-11H,6-7,12-15H2,1H3. The third kappa shape index (κ3) is 3.78. The molecular formula is C22H23N3O2S. The van der Waals surface area contributed by atoms with Gasteiger partial charge in [-0.25, -0.2) is 4.98 Å². The Hall–Kier alpha value is -2.73. The fraction of sp³-hybridized carbons (Fsp3) is 0.318. The molecule has 2 heterocycles. The van der Waals surface area contributed by atoms with Crippen LogP contribution in [0.2, 0.25) is 0 Å². The van der Waals surface area contributed by atoms with E-state index in [4.69, 9.17) is 0 Å². The number of aryl methyl sites for hydroxylation is 1. The van der Waals surface area contributed by atoms with Gasteiger partial charge in [0.1, 0.15) is 0 Å². The Morgan fingerprint density at radius 1 is 1.00 bits per heavy atom. The van der Waals surface area contributed by atoms with Crippen LogP contribution in [0.15, 0.2) is 48.5 Å². The van der Waals surface area contributed by atoms with Crippen molar-refractivity contribution in [3.63, 3.8) is 0 Å². The third-order valence-electron chi connectivity index (χ3n) is 5.03. The fourth-order valence-corrected chi connectivity index (χ4v) is 4.70. The lowest BCUT2D eigenvalue weighted by molar-refractivity contribution is -0.118. The predicted molar refractivity (Wildman–Crippen MR) is 114 cm³/mol. The van der Waals surface area contributed by atoms with E-state index >= 15 is 0 Å². The number of carbonyl (C=O) groups excluding carboxylic acids is 2. The van der Waals surface area contributed by atoms with Crippen LogP contribution in [0.25, 0.3) is 10.2 Å². The molecule has 0 aliphatic carbocycles. The number of thiazole rings is 1. The molecule has 0 atom stereocenters. The van der Waals surface area contributed by atoms with E-state index in [0.29, 0.717) is 19.5 Å². The average Bonchev–Trinajstić information content (AvgIpc) is 3.00. The van der Waals surface area contributed by atoms with Crippen molar-refractivity contribution >= 4 is 44.7 Å². The van der Waals surface area contributed by atoms with E-state index in [1.807, 2.05) is 47.4 Å². The molecule has 4 rings (SSSR count). The zero-order chi connectivity index (χ0) is 19.5. The SMILES string of the molecule is CC(=O)N1CCCN(C(=O)CCCc2nc3ccccc3s2)c2ccccc21. The molecule has 0 spiro atoms. The Balaban J connectivity index is 1.45. The van der Waals surface area contributed by atoms with Gasteiger partial charge in [-0.1, -0.05) is 24.3 Å². The van der Waals surface area contributed by atoms with Gasteiger partial charge in [0, 0.05) is 26.4 Å². The molecule has 2 amide bonds. The highest BCUT2D eigenvalue weighted by molar-refractivity contribution is 7.18. The number of amides is 2. The zero-order valence-corrected chi connectivity index (χ0v) is 16.7. The lowest BCUT2D eigenvalue weighted by Crippen LogP contribution is -2.31. The van der Waals surface area contributed by atoms with E-state index in [0.717, 1.165) is 41.2 Å². The second-order valence-corrected chi connectivity index (χ2v) is 8.10. The lowest BCUT2D eigenvalue weighted by atomic mass is 10.2. The van der Waals surface area contributed by atoms with Gasteiger partial charge in [0.25, 0.3) is 0 Å². The van der Waals surface area contributed by atoms with Crippen molar-refractivity contribution in [2.45, 2.75) is 32.6 Å². The number of aromatic nitrogens is 1. The third-order valence-corrected chi connectivity index (χ3v) is 6.12. The van der Waals surface area contributed by atoms with Crippen LogP contribution in [-0.4, -0.2) is 29.9 Å². The first-order chi connectivity index (χ1) is 13.6. The monoisotopic (exact) mass is 393 g/mol. The minimum Gasteiger partial charge on any atom is -0.311 e. The summed E-state index contributed by atoms with van der Waals surface area (Å²) in [5, 5.41) is 1.08. The first kappa shape index (κ1) is 18.6. The topological polar surface area (TPSA) is 53.5 Å². The van der Waals surface area contributed by atoms with Crippen molar-refractivity contribution in [3.8, 4) is 0 Å². The minimum atomic E-state index is 0.0117. The van der Waals surface area contributed by atoms with Crippen LogP contribution in [0.1, 0.15) is 31.2 Å². The Kier molecular flexibility index (Phi) is 5.39. The van der Waals surface area contributed by atoms with Crippen molar-refractivity contribution in [1.82, 2.24) is 4.98 Å². The predicted octanol–water partition coefficient (Wildman–Crippen LogP) is 4.41. The maximum atomic E-state index is 13.0. The van der Waals surface area contributed by atoms with E-state index in [1.54, 1.807) is 23.2 Å². The Labute approximate surface area is 168 Å². The van der Waals surface area contributed by atoms with Gasteiger partial charge in [0.05, 0.1) is 26.6 Å². The number of benzene rings is 2. The first-order valence-electron chi connectivity index (χ1n) is 9.65. The number of rotatable bonds is 4. The second kappa shape index (κ2) is 8.10. The van der Waals surface area contributed by atoms with Crippen molar-refractivity contribution in [2.75, 3.05) is 22.9 Å². The molecule has 0 saturated carbocycles. The Morgan fingerprint density at radius 2 is 1.68 bits per heavy atom. The van der Waals surface area contributed by atoms with Crippen LogP contribution in [0, 0.1) is 0 Å². The molecule has 1 aliphatic rings. The summed E-state index contributed by atoms with van der Waals surface area (Å²) in [5.41, 5.74) is 2.69. The van der Waals surface area contributed by atoms with E-state index in [2.05, 4.69) is 11.1 Å². The lowest BCUT2D eigenvalue weighted by Gasteiger charge is -2.24. The van der Waals surface area contributed by atoms with Crippen LogP contribution in [0.4, 0.5) is 11.4 Å². The molecule has 1 aromatic heterocycles. The number of carbonyl (C=O) groups is 2. The largest absolute Gasteiger partial charge is 0.311 e. The highest BCUT2D eigenvalue weighted by Gasteiger charge is 2.25. The van der Waals surface area contributed by atoms with Crippen molar-refractivity contribution < 1.29 is 9.59 Å². The molecule has 0 saturated heterocycles. The molecule has 0 bridgehead atoms. The van der Waals surface area contributed by atoms with Gasteiger partial charge in [-0.3, -0.25) is 9.59 Å². The molecule has 2 aromatic carbocycles. The Bertz CT molecular complexity index is 981. The molecule has 0 N–H and O–H groups in total. The molecule has 3 aromatic rings. The highest BCUT2D eigenvalue weighted by Crippen LogP contribution is 2.33. The van der Waals surface area contributed by atoms with Gasteiger partial charge in [0.15, 0.2) is 0 Å². The summed E-state index contributed by atoms with van der Waals surface area (Å²) in [4.78, 5) is 33.2. The number of hydrogen-bond donors (Lipinski definition) is 0. The van der Waals surface area contributed by atoms with Crippen molar-refractivity contribution in [2.24, 2.45) is 0 Å². The van der Waals surface area contributed by atoms with Gasteiger partial charge in [-0.05, 0) is 43.5 Å². The smallest absolute Gasteiger partial charge is 0.227 e. The number of fused-ring (bicyclic) bond motifs is 2. The minimum absolute atomic E-state index is 0.0117. The molecule has 28 heavy (non-hydrogen) atoms. The first-order valence-corrected chi connectivity index (χ1v) is 10.5. The summed E-state index contributed by atoms with van der Waals surface area (Å²) >= 11 is 1.70. The summed E-state index contributed by atoms with van der Waals surface area (Å²) in [6.07, 6.45) is 2.83. The van der Waals surface area contributed by atoms with Gasteiger partial charge < -0.3 is 9.80 Å². The molecule has 0 unspecified atom stereocenters. The van der Waals surface area contributed by atoms with E-state index in [1.165, 1.54) is 4.70 Å². The summed E-state index contributed by atoms with van der Waals surface area (Å²) in [6.45, 7) is 2.86. The zero-order valence-electron chi connectivity index (χ0n) is 15.9. The molecular weight excluding hydrogens is 370 g/mol. The molecule has 0 fully saturated rings. The van der Waals surface area contributed by atoms with Crippen LogP contribution >= 0.6 is 11.3 Å². The molecule has 144 valence electrons. The van der Waals surface area contributed by atoms with Gasteiger partial charge >= 0.3 is 0 Å². The van der Waals surface area contributed by atoms with Gasteiger partial charge in [-0.15, -0.1) is 11.3 Å². The fourth-order valence-electron chi connectivity index (χ4n) is 3.69. The maximum Gasteiger partial charge on any atom is 0.227 e. The number of nitrogens with zero attached hydrogens (tertiary/aromatic N) is 3. The molecule has 5 nitrogen and oxygen atoms in total. The van der Waals surface area contributed by atoms with Crippen molar-refractivity contribution in [3.05, 3.63) is 53.5 Å². The normalized spacial score (nSPS) is 14.0.